The van der Waals surface area contributed by atoms with E-state index in [2.05, 4.69) is 63.8 Å². The highest BCUT2D eigenvalue weighted by Gasteiger charge is 2.28. The predicted octanol–water partition coefficient (Wildman–Crippen LogP) is 3.40. The first kappa shape index (κ1) is 15.8. The van der Waals surface area contributed by atoms with Crippen LogP contribution in [0.4, 0.5) is 0 Å². The average molecular weight is 284 g/mol. The SMILES string of the molecule is CC(C)(C)NP(=S)(NC(C)(C)C)c1ccccc1. The monoisotopic (exact) mass is 284 g/mol. The van der Waals surface area contributed by atoms with E-state index in [-0.39, 0.29) is 11.1 Å². The van der Waals surface area contributed by atoms with Crippen molar-refractivity contribution < 1.29 is 0 Å². The highest BCUT2D eigenvalue weighted by molar-refractivity contribution is 8.16. The molecule has 2 nitrogen and oxygen atoms in total. The highest BCUT2D eigenvalue weighted by Crippen LogP contribution is 2.40. The van der Waals surface area contributed by atoms with Gasteiger partial charge >= 0.3 is 0 Å². The van der Waals surface area contributed by atoms with Gasteiger partial charge in [-0.05, 0) is 41.5 Å². The summed E-state index contributed by atoms with van der Waals surface area (Å²) in [6, 6.07) is 10.3. The molecule has 1 rings (SSSR count). The van der Waals surface area contributed by atoms with Gasteiger partial charge in [-0.2, -0.15) is 0 Å². The Morgan fingerprint density at radius 3 is 1.56 bits per heavy atom. The fourth-order valence-electron chi connectivity index (χ4n) is 1.74. The Hall–Kier alpha value is -0.210. The maximum atomic E-state index is 5.95. The van der Waals surface area contributed by atoms with E-state index in [0.717, 1.165) is 0 Å². The lowest BCUT2D eigenvalue weighted by atomic mass is 10.1. The van der Waals surface area contributed by atoms with Crippen molar-refractivity contribution in [1.82, 2.24) is 10.2 Å². The molecule has 0 heterocycles. The Kier molecular flexibility index (Phi) is 4.77. The fourth-order valence-corrected chi connectivity index (χ4v) is 6.54. The molecule has 0 spiro atoms. The Morgan fingerprint density at radius 2 is 1.22 bits per heavy atom. The quantitative estimate of drug-likeness (QED) is 0.832. The van der Waals surface area contributed by atoms with E-state index < -0.39 is 6.34 Å². The van der Waals surface area contributed by atoms with Crippen LogP contribution in [0.5, 0.6) is 0 Å². The summed E-state index contributed by atoms with van der Waals surface area (Å²) in [5, 5.41) is 8.43. The summed E-state index contributed by atoms with van der Waals surface area (Å²) in [7, 11) is 0. The van der Waals surface area contributed by atoms with Crippen LogP contribution < -0.4 is 15.5 Å². The number of rotatable bonds is 3. The van der Waals surface area contributed by atoms with Gasteiger partial charge in [-0.3, -0.25) is 10.2 Å². The molecule has 0 aliphatic rings. The molecule has 102 valence electrons. The molecule has 0 saturated carbocycles. The molecule has 4 heteroatoms. The van der Waals surface area contributed by atoms with Crippen molar-refractivity contribution in [1.29, 1.82) is 0 Å². The maximum absolute atomic E-state index is 5.95. The van der Waals surface area contributed by atoms with Crippen molar-refractivity contribution in [2.75, 3.05) is 0 Å². The van der Waals surface area contributed by atoms with E-state index in [1.54, 1.807) is 0 Å². The third-order valence-electron chi connectivity index (χ3n) is 2.11. The molecule has 0 unspecified atom stereocenters. The van der Waals surface area contributed by atoms with Gasteiger partial charge in [0.15, 0.2) is 0 Å². The zero-order valence-corrected chi connectivity index (χ0v) is 14.0. The van der Waals surface area contributed by atoms with Gasteiger partial charge in [0.2, 0.25) is 0 Å². The molecular weight excluding hydrogens is 259 g/mol. The average Bonchev–Trinajstić information content (AvgIpc) is 2.13. The molecule has 0 aliphatic heterocycles. The van der Waals surface area contributed by atoms with E-state index in [1.165, 1.54) is 5.30 Å². The minimum absolute atomic E-state index is 0.0103. The van der Waals surface area contributed by atoms with Crippen molar-refractivity contribution in [3.05, 3.63) is 30.3 Å². The van der Waals surface area contributed by atoms with E-state index in [0.29, 0.717) is 0 Å². The van der Waals surface area contributed by atoms with Crippen LogP contribution in [0, 0.1) is 0 Å². The molecule has 0 radical (unpaired) electrons. The van der Waals surface area contributed by atoms with Crippen molar-refractivity contribution in [2.24, 2.45) is 0 Å². The van der Waals surface area contributed by atoms with E-state index >= 15 is 0 Å². The minimum Gasteiger partial charge on any atom is -0.269 e. The zero-order valence-electron chi connectivity index (χ0n) is 12.2. The Labute approximate surface area is 117 Å². The molecule has 0 aliphatic carbocycles. The number of hydrogen-bond donors (Lipinski definition) is 2. The second-order valence-electron chi connectivity index (χ2n) is 6.67. The standard InChI is InChI=1S/C14H25N2PS/c1-13(2,3)15-17(18,16-14(4,5)6)12-10-8-7-9-11-12/h7-11H,1-6H3,(H2,15,16,18). The van der Waals surface area contributed by atoms with Crippen molar-refractivity contribution in [3.8, 4) is 0 Å². The summed E-state index contributed by atoms with van der Waals surface area (Å²) in [4.78, 5) is 0. The van der Waals surface area contributed by atoms with Crippen LogP contribution in [0.1, 0.15) is 41.5 Å². The molecule has 0 fully saturated rings. The third-order valence-corrected chi connectivity index (χ3v) is 6.28. The normalized spacial score (nSPS) is 13.7. The first-order valence-corrected chi connectivity index (χ1v) is 9.07. The lowest BCUT2D eigenvalue weighted by molar-refractivity contribution is 0.497. The van der Waals surface area contributed by atoms with E-state index in [1.807, 2.05) is 18.2 Å². The Bertz CT molecular complexity index is 409. The van der Waals surface area contributed by atoms with Gasteiger partial charge in [0.05, 0.1) is 0 Å². The molecule has 0 saturated heterocycles. The number of hydrogen-bond acceptors (Lipinski definition) is 1. The van der Waals surface area contributed by atoms with Gasteiger partial charge in [-0.25, -0.2) is 0 Å². The van der Waals surface area contributed by atoms with Crippen LogP contribution >= 0.6 is 6.34 Å². The first-order valence-electron chi connectivity index (χ1n) is 6.26. The topological polar surface area (TPSA) is 24.1 Å². The van der Waals surface area contributed by atoms with Crippen LogP contribution in [0.25, 0.3) is 0 Å². The summed E-state index contributed by atoms with van der Waals surface area (Å²) >= 11 is 5.95. The molecule has 18 heavy (non-hydrogen) atoms. The lowest BCUT2D eigenvalue weighted by Gasteiger charge is -2.37. The van der Waals surface area contributed by atoms with Crippen LogP contribution in [0.15, 0.2) is 30.3 Å². The van der Waals surface area contributed by atoms with Crippen LogP contribution in [0.2, 0.25) is 0 Å². The summed E-state index contributed by atoms with van der Waals surface area (Å²) in [5.41, 5.74) is -0.0206. The Morgan fingerprint density at radius 1 is 0.833 bits per heavy atom. The van der Waals surface area contributed by atoms with Crippen LogP contribution in [-0.4, -0.2) is 11.1 Å². The van der Waals surface area contributed by atoms with Crippen molar-refractivity contribution in [3.63, 3.8) is 0 Å². The Balaban J connectivity index is 3.14. The predicted molar refractivity (Wildman–Crippen MR) is 86.1 cm³/mol. The summed E-state index contributed by atoms with van der Waals surface area (Å²) in [6.45, 7) is 12.9. The van der Waals surface area contributed by atoms with Gasteiger partial charge in [0, 0.05) is 16.4 Å². The van der Waals surface area contributed by atoms with Crippen LogP contribution in [-0.2, 0) is 11.8 Å². The molecule has 0 aromatic heterocycles. The maximum Gasteiger partial charge on any atom is 0.102 e. The molecule has 0 amide bonds. The molecule has 1 aromatic carbocycles. The van der Waals surface area contributed by atoms with E-state index in [4.69, 9.17) is 11.8 Å². The summed E-state index contributed by atoms with van der Waals surface area (Å²) < 4.78 is 0. The van der Waals surface area contributed by atoms with Gasteiger partial charge in [0.1, 0.15) is 6.34 Å². The first-order chi connectivity index (χ1) is 8.02. The van der Waals surface area contributed by atoms with Gasteiger partial charge < -0.3 is 0 Å². The van der Waals surface area contributed by atoms with Gasteiger partial charge in [0.25, 0.3) is 0 Å². The smallest absolute Gasteiger partial charge is 0.102 e. The summed E-state index contributed by atoms with van der Waals surface area (Å²) in [6.07, 6.45) is -1.98. The molecule has 0 atom stereocenters. The highest BCUT2D eigenvalue weighted by atomic mass is 32.4. The lowest BCUT2D eigenvalue weighted by Crippen LogP contribution is -2.46. The molecule has 2 N–H and O–H groups in total. The molecular formula is C14H25N2PS. The second-order valence-corrected chi connectivity index (χ2v) is 10.5. The van der Waals surface area contributed by atoms with Gasteiger partial charge in [-0.1, -0.05) is 42.1 Å². The molecule has 0 bridgehead atoms. The number of nitrogens with one attached hydrogen (secondary N) is 2. The zero-order chi connectivity index (χ0) is 14.0. The fraction of sp³-hybridized carbons (Fsp3) is 0.571. The summed E-state index contributed by atoms with van der Waals surface area (Å²) in [5.74, 6) is 0. The van der Waals surface area contributed by atoms with Gasteiger partial charge in [-0.15, -0.1) is 0 Å². The molecule has 1 aromatic rings. The van der Waals surface area contributed by atoms with Crippen molar-refractivity contribution in [2.45, 2.75) is 52.6 Å². The minimum atomic E-state index is -1.98. The third kappa shape index (κ3) is 5.19. The van der Waals surface area contributed by atoms with E-state index in [9.17, 15) is 0 Å². The van der Waals surface area contributed by atoms with Crippen molar-refractivity contribution >= 4 is 23.5 Å². The largest absolute Gasteiger partial charge is 0.269 e. The second kappa shape index (κ2) is 5.42. The number of benzene rings is 1. The van der Waals surface area contributed by atoms with Crippen LogP contribution in [0.3, 0.4) is 0 Å².